The Morgan fingerprint density at radius 2 is 1.80 bits per heavy atom. The summed E-state index contributed by atoms with van der Waals surface area (Å²) in [6, 6.07) is 3.19. The average molecular weight is 264 g/mol. The number of carbonyl (C=O) groups excluding carboxylic acids is 1. The minimum Gasteiger partial charge on any atom is -0.285 e. The molecule has 2 nitrogen and oxygen atoms in total. The molecule has 1 rings (SSSR count). The van der Waals surface area contributed by atoms with E-state index in [2.05, 4.69) is 36.8 Å². The summed E-state index contributed by atoms with van der Waals surface area (Å²) in [5.74, 6) is 0. The van der Waals surface area contributed by atoms with Gasteiger partial charge in [0.2, 0.25) is 6.29 Å². The number of pyridine rings is 1. The zero-order valence-corrected chi connectivity index (χ0v) is 7.94. The van der Waals surface area contributed by atoms with Gasteiger partial charge in [0.1, 0.15) is 9.21 Å². The summed E-state index contributed by atoms with van der Waals surface area (Å²) in [5.41, 5.74) is 0.480. The van der Waals surface area contributed by atoms with Crippen molar-refractivity contribution < 1.29 is 4.79 Å². The number of hydrogen-bond donors (Lipinski definition) is 0. The van der Waals surface area contributed by atoms with Gasteiger partial charge < -0.3 is 0 Å². The van der Waals surface area contributed by atoms with E-state index >= 15 is 0 Å². The van der Waals surface area contributed by atoms with Gasteiger partial charge in [-0.15, -0.1) is 0 Å². The van der Waals surface area contributed by atoms with E-state index in [1.807, 2.05) is 0 Å². The molecule has 10 heavy (non-hydrogen) atoms. The van der Waals surface area contributed by atoms with Crippen molar-refractivity contribution in [3.8, 4) is 0 Å². The minimum absolute atomic E-state index is 0.480. The van der Waals surface area contributed by atoms with E-state index in [0.717, 1.165) is 0 Å². The first-order valence-electron chi connectivity index (χ1n) is 2.43. The first-order valence-corrected chi connectivity index (χ1v) is 4.02. The van der Waals surface area contributed by atoms with Gasteiger partial charge in [-0.05, 0) is 44.0 Å². The van der Waals surface area contributed by atoms with Crippen LogP contribution in [0.25, 0.3) is 0 Å². The van der Waals surface area contributed by atoms with Crippen molar-refractivity contribution in [1.82, 2.24) is 4.98 Å². The normalized spacial score (nSPS) is 9.40. The molecular weight excluding hydrogens is 262 g/mol. The highest BCUT2D eigenvalue weighted by molar-refractivity contribution is 9.11. The van der Waals surface area contributed by atoms with Gasteiger partial charge in [-0.2, -0.15) is 0 Å². The van der Waals surface area contributed by atoms with Crippen molar-refractivity contribution in [2.45, 2.75) is 0 Å². The van der Waals surface area contributed by atoms with Gasteiger partial charge in [0.15, 0.2) is 0 Å². The van der Waals surface area contributed by atoms with Crippen LogP contribution in [0.1, 0.15) is 5.56 Å². The molecule has 1 radical (unpaired) electrons. The molecule has 0 amide bonds. The average Bonchev–Trinajstić information content (AvgIpc) is 1.85. The Morgan fingerprint density at radius 3 is 2.20 bits per heavy atom. The molecule has 1 aromatic heterocycles. The topological polar surface area (TPSA) is 30.0 Å². The SMILES string of the molecule is O=[C]c1cc(Br)nc(Br)c1. The summed E-state index contributed by atoms with van der Waals surface area (Å²) < 4.78 is 1.25. The first-order chi connectivity index (χ1) is 4.72. The quantitative estimate of drug-likeness (QED) is 0.726. The van der Waals surface area contributed by atoms with Gasteiger partial charge in [0, 0.05) is 5.56 Å². The maximum atomic E-state index is 10.1. The lowest BCUT2D eigenvalue weighted by Crippen LogP contribution is -1.83. The van der Waals surface area contributed by atoms with E-state index in [0.29, 0.717) is 14.8 Å². The molecule has 0 fully saturated rings. The highest BCUT2D eigenvalue weighted by atomic mass is 79.9. The third-order valence-corrected chi connectivity index (χ3v) is 1.69. The van der Waals surface area contributed by atoms with E-state index in [-0.39, 0.29) is 0 Å². The van der Waals surface area contributed by atoms with Crippen molar-refractivity contribution in [2.24, 2.45) is 0 Å². The van der Waals surface area contributed by atoms with Gasteiger partial charge >= 0.3 is 0 Å². The second kappa shape index (κ2) is 3.25. The summed E-state index contributed by atoms with van der Waals surface area (Å²) in [5, 5.41) is 0. The van der Waals surface area contributed by atoms with E-state index in [9.17, 15) is 4.79 Å². The third kappa shape index (κ3) is 1.88. The monoisotopic (exact) mass is 262 g/mol. The summed E-state index contributed by atoms with van der Waals surface area (Å²) in [6.45, 7) is 0. The van der Waals surface area contributed by atoms with Crippen LogP contribution in [0.15, 0.2) is 21.3 Å². The molecule has 0 aromatic carbocycles. The van der Waals surface area contributed by atoms with Crippen LogP contribution >= 0.6 is 31.9 Å². The van der Waals surface area contributed by atoms with Crippen LogP contribution in [0, 0.1) is 0 Å². The van der Waals surface area contributed by atoms with Crippen LogP contribution in [-0.4, -0.2) is 11.3 Å². The predicted octanol–water partition coefficient (Wildman–Crippen LogP) is 2.06. The van der Waals surface area contributed by atoms with Crippen LogP contribution in [0.3, 0.4) is 0 Å². The largest absolute Gasteiger partial charge is 0.285 e. The van der Waals surface area contributed by atoms with Crippen molar-refractivity contribution in [1.29, 1.82) is 0 Å². The van der Waals surface area contributed by atoms with Gasteiger partial charge in [0.05, 0.1) is 0 Å². The van der Waals surface area contributed by atoms with E-state index in [1.165, 1.54) is 0 Å². The van der Waals surface area contributed by atoms with Crippen LogP contribution in [0.4, 0.5) is 0 Å². The van der Waals surface area contributed by atoms with Gasteiger partial charge in [-0.3, -0.25) is 4.79 Å². The van der Waals surface area contributed by atoms with Crippen molar-refractivity contribution >= 4 is 38.1 Å². The van der Waals surface area contributed by atoms with Crippen molar-refractivity contribution in [3.05, 3.63) is 26.9 Å². The first kappa shape index (κ1) is 7.88. The second-order valence-corrected chi connectivity index (χ2v) is 3.23. The molecule has 0 aliphatic heterocycles. The number of rotatable bonds is 1. The lowest BCUT2D eigenvalue weighted by Gasteiger charge is -1.92. The maximum absolute atomic E-state index is 10.1. The van der Waals surface area contributed by atoms with E-state index < -0.39 is 0 Å². The smallest absolute Gasteiger partial charge is 0.233 e. The molecule has 1 aromatic rings. The maximum Gasteiger partial charge on any atom is 0.233 e. The Hall–Kier alpha value is -0.220. The zero-order valence-electron chi connectivity index (χ0n) is 4.77. The number of nitrogens with zero attached hydrogens (tertiary/aromatic N) is 1. The zero-order chi connectivity index (χ0) is 7.56. The molecule has 0 unspecified atom stereocenters. The van der Waals surface area contributed by atoms with E-state index in [1.54, 1.807) is 18.4 Å². The summed E-state index contributed by atoms with van der Waals surface area (Å²) >= 11 is 6.27. The molecule has 0 spiro atoms. The standard InChI is InChI=1S/C6H2Br2NO/c7-5-1-4(3-10)2-6(8)9-5/h1-2H. The summed E-state index contributed by atoms with van der Waals surface area (Å²) in [7, 11) is 0. The number of halogens is 2. The lowest BCUT2D eigenvalue weighted by molar-refractivity contribution is 0.562. The fraction of sp³-hybridized carbons (Fsp3) is 0. The third-order valence-electron chi connectivity index (χ3n) is 0.881. The Balaban J connectivity index is 3.18. The molecule has 4 heteroatoms. The molecule has 0 N–H and O–H groups in total. The van der Waals surface area contributed by atoms with Crippen molar-refractivity contribution in [2.75, 3.05) is 0 Å². The Kier molecular flexibility index (Phi) is 2.56. The second-order valence-electron chi connectivity index (χ2n) is 1.60. The van der Waals surface area contributed by atoms with Crippen LogP contribution in [0.2, 0.25) is 0 Å². The van der Waals surface area contributed by atoms with E-state index in [4.69, 9.17) is 0 Å². The molecule has 0 saturated heterocycles. The molecule has 1 heterocycles. The van der Waals surface area contributed by atoms with Crippen LogP contribution in [-0.2, 0) is 4.79 Å². The highest BCUT2D eigenvalue weighted by Crippen LogP contribution is 2.13. The van der Waals surface area contributed by atoms with Gasteiger partial charge in [0.25, 0.3) is 0 Å². The molecule has 0 aliphatic carbocycles. The molecule has 0 atom stereocenters. The molecule has 0 bridgehead atoms. The fourth-order valence-corrected chi connectivity index (χ4v) is 1.64. The summed E-state index contributed by atoms with van der Waals surface area (Å²) in [6.07, 6.45) is 1.76. The van der Waals surface area contributed by atoms with Gasteiger partial charge in [-0.25, -0.2) is 4.98 Å². The fourth-order valence-electron chi connectivity index (χ4n) is 0.524. The Morgan fingerprint density at radius 1 is 1.30 bits per heavy atom. The predicted molar refractivity (Wildman–Crippen MR) is 44.4 cm³/mol. The summed E-state index contributed by atoms with van der Waals surface area (Å²) in [4.78, 5) is 14.1. The molecular formula is C6H2Br2NO. The molecule has 0 aliphatic rings. The lowest BCUT2D eigenvalue weighted by atomic mass is 10.3. The number of aromatic nitrogens is 1. The minimum atomic E-state index is 0.480. The number of hydrogen-bond acceptors (Lipinski definition) is 2. The molecule has 51 valence electrons. The van der Waals surface area contributed by atoms with Crippen LogP contribution in [0.5, 0.6) is 0 Å². The van der Waals surface area contributed by atoms with Crippen molar-refractivity contribution in [3.63, 3.8) is 0 Å². The van der Waals surface area contributed by atoms with Crippen LogP contribution < -0.4 is 0 Å². The van der Waals surface area contributed by atoms with Gasteiger partial charge in [-0.1, -0.05) is 0 Å². The Labute approximate surface area is 74.9 Å². The molecule has 0 saturated carbocycles. The Bertz CT molecular complexity index is 242. The highest BCUT2D eigenvalue weighted by Gasteiger charge is 1.96.